The van der Waals surface area contributed by atoms with Crippen molar-refractivity contribution in [1.29, 1.82) is 0 Å². The Bertz CT molecular complexity index is 385. The molecule has 0 saturated carbocycles. The van der Waals surface area contributed by atoms with Crippen molar-refractivity contribution in [2.75, 3.05) is 0 Å². The van der Waals surface area contributed by atoms with Crippen LogP contribution in [0.5, 0.6) is 0 Å². The van der Waals surface area contributed by atoms with E-state index in [-0.39, 0.29) is 0 Å². The highest BCUT2D eigenvalue weighted by molar-refractivity contribution is 5.60. The lowest BCUT2D eigenvalue weighted by atomic mass is 9.85. The maximum atomic E-state index is 2.41. The Labute approximate surface area is 93.0 Å². The molecule has 1 unspecified atom stereocenters. The van der Waals surface area contributed by atoms with E-state index in [0.29, 0.717) is 0 Å². The molecule has 0 nitrogen and oxygen atoms in total. The summed E-state index contributed by atoms with van der Waals surface area (Å²) in [4.78, 5) is 0. The number of hydrogen-bond acceptors (Lipinski definition) is 0. The van der Waals surface area contributed by atoms with Crippen LogP contribution in [0.25, 0.3) is 6.08 Å². The van der Waals surface area contributed by atoms with E-state index in [0.717, 1.165) is 5.92 Å². The van der Waals surface area contributed by atoms with Gasteiger partial charge in [-0.2, -0.15) is 0 Å². The molecular formula is C15H20. The Morgan fingerprint density at radius 3 is 2.80 bits per heavy atom. The van der Waals surface area contributed by atoms with Crippen LogP contribution in [-0.2, 0) is 6.42 Å². The van der Waals surface area contributed by atoms with Crippen molar-refractivity contribution in [3.8, 4) is 0 Å². The highest BCUT2D eigenvalue weighted by Gasteiger charge is 2.13. The molecule has 0 radical (unpaired) electrons. The summed E-state index contributed by atoms with van der Waals surface area (Å²) in [7, 11) is 0. The van der Waals surface area contributed by atoms with Gasteiger partial charge in [0.25, 0.3) is 0 Å². The first-order chi connectivity index (χ1) is 7.20. The third kappa shape index (κ3) is 2.14. The molecule has 1 aromatic carbocycles. The van der Waals surface area contributed by atoms with E-state index in [2.05, 4.69) is 45.0 Å². The largest absolute Gasteiger partial charge is 0.0665 e. The molecule has 0 saturated heterocycles. The summed E-state index contributed by atoms with van der Waals surface area (Å²) in [6.45, 7) is 6.79. The molecule has 0 amide bonds. The molecule has 15 heavy (non-hydrogen) atoms. The first-order valence-electron chi connectivity index (χ1n) is 6.00. The van der Waals surface area contributed by atoms with Crippen LogP contribution in [-0.4, -0.2) is 0 Å². The molecule has 2 rings (SSSR count). The Morgan fingerprint density at radius 1 is 1.27 bits per heavy atom. The molecule has 0 fully saturated rings. The van der Waals surface area contributed by atoms with Crippen LogP contribution in [0.2, 0.25) is 0 Å². The number of hydrogen-bond donors (Lipinski definition) is 0. The van der Waals surface area contributed by atoms with Gasteiger partial charge in [-0.3, -0.25) is 0 Å². The SMILES string of the molecule is CCC(C)C1=Cc2ccc(C)cc2CC1. The molecule has 0 aliphatic heterocycles. The number of fused-ring (bicyclic) bond motifs is 1. The van der Waals surface area contributed by atoms with Crippen LogP contribution in [0.4, 0.5) is 0 Å². The van der Waals surface area contributed by atoms with E-state index in [1.807, 2.05) is 0 Å². The van der Waals surface area contributed by atoms with Crippen molar-refractivity contribution >= 4 is 6.08 Å². The maximum absolute atomic E-state index is 2.41. The van der Waals surface area contributed by atoms with Crippen molar-refractivity contribution in [1.82, 2.24) is 0 Å². The van der Waals surface area contributed by atoms with Crippen LogP contribution in [0.3, 0.4) is 0 Å². The first-order valence-corrected chi connectivity index (χ1v) is 6.00. The average molecular weight is 200 g/mol. The summed E-state index contributed by atoms with van der Waals surface area (Å²) >= 11 is 0. The van der Waals surface area contributed by atoms with Crippen molar-refractivity contribution < 1.29 is 0 Å². The molecular weight excluding hydrogens is 180 g/mol. The van der Waals surface area contributed by atoms with Gasteiger partial charge in [-0.05, 0) is 43.2 Å². The lowest BCUT2D eigenvalue weighted by Crippen LogP contribution is -2.05. The Morgan fingerprint density at radius 2 is 2.07 bits per heavy atom. The Hall–Kier alpha value is -1.04. The van der Waals surface area contributed by atoms with Crippen LogP contribution >= 0.6 is 0 Å². The molecule has 0 heteroatoms. The van der Waals surface area contributed by atoms with Gasteiger partial charge in [0.2, 0.25) is 0 Å². The molecule has 80 valence electrons. The van der Waals surface area contributed by atoms with Gasteiger partial charge in [0.15, 0.2) is 0 Å². The predicted octanol–water partition coefficient (Wildman–Crippen LogP) is 4.37. The minimum absolute atomic E-state index is 0.749. The third-order valence-corrected chi connectivity index (χ3v) is 3.57. The van der Waals surface area contributed by atoms with Crippen molar-refractivity contribution in [2.24, 2.45) is 5.92 Å². The quantitative estimate of drug-likeness (QED) is 0.665. The van der Waals surface area contributed by atoms with Crippen molar-refractivity contribution in [2.45, 2.75) is 40.0 Å². The van der Waals surface area contributed by atoms with Gasteiger partial charge in [-0.15, -0.1) is 0 Å². The monoisotopic (exact) mass is 200 g/mol. The van der Waals surface area contributed by atoms with E-state index in [1.165, 1.54) is 36.0 Å². The standard InChI is InChI=1S/C15H20/c1-4-12(3)13-7-8-14-9-11(2)5-6-15(14)10-13/h5-6,9-10,12H,4,7-8H2,1-3H3. The van der Waals surface area contributed by atoms with Gasteiger partial charge in [0.05, 0.1) is 0 Å². The predicted molar refractivity (Wildman–Crippen MR) is 66.9 cm³/mol. The van der Waals surface area contributed by atoms with Gasteiger partial charge in [-0.25, -0.2) is 0 Å². The normalized spacial score (nSPS) is 16.9. The van der Waals surface area contributed by atoms with Gasteiger partial charge < -0.3 is 0 Å². The lowest BCUT2D eigenvalue weighted by molar-refractivity contribution is 0.623. The maximum Gasteiger partial charge on any atom is -0.0225 e. The summed E-state index contributed by atoms with van der Waals surface area (Å²) in [6, 6.07) is 6.82. The zero-order valence-electron chi connectivity index (χ0n) is 10.0. The molecule has 0 N–H and O–H groups in total. The molecule has 0 aromatic heterocycles. The van der Waals surface area contributed by atoms with Crippen LogP contribution < -0.4 is 0 Å². The van der Waals surface area contributed by atoms with E-state index in [1.54, 1.807) is 5.57 Å². The van der Waals surface area contributed by atoms with Crippen molar-refractivity contribution in [3.63, 3.8) is 0 Å². The molecule has 0 heterocycles. The van der Waals surface area contributed by atoms with Gasteiger partial charge >= 0.3 is 0 Å². The number of rotatable bonds is 2. The summed E-state index contributed by atoms with van der Waals surface area (Å²) in [5, 5.41) is 0. The Kier molecular flexibility index (Phi) is 2.95. The second-order valence-corrected chi connectivity index (χ2v) is 4.73. The molecule has 1 aliphatic carbocycles. The van der Waals surface area contributed by atoms with E-state index in [9.17, 15) is 0 Å². The fourth-order valence-corrected chi connectivity index (χ4v) is 2.29. The zero-order chi connectivity index (χ0) is 10.8. The van der Waals surface area contributed by atoms with E-state index < -0.39 is 0 Å². The summed E-state index contributed by atoms with van der Waals surface area (Å²) in [5.41, 5.74) is 5.99. The molecule has 0 bridgehead atoms. The molecule has 1 aliphatic rings. The highest BCUT2D eigenvalue weighted by Crippen LogP contribution is 2.29. The van der Waals surface area contributed by atoms with Crippen molar-refractivity contribution in [3.05, 3.63) is 40.5 Å². The van der Waals surface area contributed by atoms with Crippen LogP contribution in [0.15, 0.2) is 23.8 Å². The van der Waals surface area contributed by atoms with E-state index >= 15 is 0 Å². The van der Waals surface area contributed by atoms with Gasteiger partial charge in [0, 0.05) is 0 Å². The topological polar surface area (TPSA) is 0 Å². The van der Waals surface area contributed by atoms with Crippen LogP contribution in [0, 0.1) is 12.8 Å². The number of aryl methyl sites for hydroxylation is 2. The number of allylic oxidation sites excluding steroid dienone is 1. The Balaban J connectivity index is 2.33. The second kappa shape index (κ2) is 4.22. The lowest BCUT2D eigenvalue weighted by Gasteiger charge is -2.21. The zero-order valence-corrected chi connectivity index (χ0v) is 10.0. The smallest absolute Gasteiger partial charge is 0.0225 e. The minimum Gasteiger partial charge on any atom is -0.0665 e. The van der Waals surface area contributed by atoms with Gasteiger partial charge in [0.1, 0.15) is 0 Å². The average Bonchev–Trinajstić information content (AvgIpc) is 2.27. The van der Waals surface area contributed by atoms with Crippen LogP contribution in [0.1, 0.15) is 43.4 Å². The molecule has 1 aromatic rings. The van der Waals surface area contributed by atoms with Gasteiger partial charge in [-0.1, -0.05) is 49.3 Å². The first kappa shape index (κ1) is 10.5. The summed E-state index contributed by atoms with van der Waals surface area (Å²) in [5.74, 6) is 0.749. The summed E-state index contributed by atoms with van der Waals surface area (Å²) < 4.78 is 0. The highest BCUT2D eigenvalue weighted by atomic mass is 14.2. The molecule has 0 spiro atoms. The fraction of sp³-hybridized carbons (Fsp3) is 0.467. The molecule has 1 atom stereocenters. The van der Waals surface area contributed by atoms with E-state index in [4.69, 9.17) is 0 Å². The minimum atomic E-state index is 0.749. The second-order valence-electron chi connectivity index (χ2n) is 4.73. The summed E-state index contributed by atoms with van der Waals surface area (Å²) in [6.07, 6.45) is 6.15. The fourth-order valence-electron chi connectivity index (χ4n) is 2.29. The third-order valence-electron chi connectivity index (χ3n) is 3.57. The number of benzene rings is 1.